The van der Waals surface area contributed by atoms with E-state index in [9.17, 15) is 23.5 Å². The lowest BCUT2D eigenvalue weighted by atomic mass is 9.78. The first-order chi connectivity index (χ1) is 12.8. The molecule has 0 saturated heterocycles. The number of alkyl halides is 2. The van der Waals surface area contributed by atoms with Gasteiger partial charge in [-0.25, -0.2) is 4.79 Å². The van der Waals surface area contributed by atoms with Crippen LogP contribution in [0, 0.1) is 0 Å². The third kappa shape index (κ3) is 3.94. The highest BCUT2D eigenvalue weighted by Gasteiger charge is 2.36. The highest BCUT2D eigenvalue weighted by Crippen LogP contribution is 2.43. The topological polar surface area (TPSA) is 88.8 Å². The first kappa shape index (κ1) is 18.9. The van der Waals surface area contributed by atoms with Gasteiger partial charge in [0.15, 0.2) is 5.75 Å². The van der Waals surface area contributed by atoms with Crippen molar-refractivity contribution in [3.05, 3.63) is 58.0 Å². The highest BCUT2D eigenvalue weighted by molar-refractivity contribution is 5.87. The van der Waals surface area contributed by atoms with Gasteiger partial charge < -0.3 is 19.5 Å². The Morgan fingerprint density at radius 1 is 1.26 bits per heavy atom. The lowest BCUT2D eigenvalue weighted by Gasteiger charge is -2.31. The Bertz CT molecular complexity index is 903. The normalized spacial score (nSPS) is 15.8. The average molecular weight is 379 g/mol. The molecule has 27 heavy (non-hydrogen) atoms. The van der Waals surface area contributed by atoms with Gasteiger partial charge in [0.05, 0.1) is 0 Å². The van der Waals surface area contributed by atoms with Crippen LogP contribution in [0.15, 0.2) is 41.5 Å². The number of benzene rings is 1. The monoisotopic (exact) mass is 379 g/mol. The smallest absolute Gasteiger partial charge is 0.387 e. The molecule has 0 bridgehead atoms. The third-order valence-corrected chi connectivity index (χ3v) is 5.01. The molecule has 1 aromatic carbocycles. The summed E-state index contributed by atoms with van der Waals surface area (Å²) in [5.41, 5.74) is -1.09. The second-order valence-corrected chi connectivity index (χ2v) is 6.76. The molecule has 6 nitrogen and oxygen atoms in total. The Morgan fingerprint density at radius 2 is 1.96 bits per heavy atom. The van der Waals surface area contributed by atoms with Gasteiger partial charge in [-0.2, -0.15) is 8.78 Å². The minimum Gasteiger partial charge on any atom is -0.503 e. The summed E-state index contributed by atoms with van der Waals surface area (Å²) in [6.07, 6.45) is 5.79. The van der Waals surface area contributed by atoms with E-state index in [1.165, 1.54) is 23.0 Å². The Morgan fingerprint density at radius 3 is 2.59 bits per heavy atom. The van der Waals surface area contributed by atoms with Crippen LogP contribution in [0.1, 0.15) is 41.6 Å². The SMILES string of the molecule is O=C(O)c1cn(CC2(c3cccc(OC(F)F)c3)CCCC2)cc(O)c1=O. The number of pyridine rings is 1. The lowest BCUT2D eigenvalue weighted by Crippen LogP contribution is -2.30. The molecule has 0 unspecified atom stereocenters. The van der Waals surface area contributed by atoms with Crippen molar-refractivity contribution in [2.45, 2.75) is 44.3 Å². The van der Waals surface area contributed by atoms with E-state index in [1.54, 1.807) is 12.1 Å². The maximum Gasteiger partial charge on any atom is 0.387 e. The van der Waals surface area contributed by atoms with Crippen molar-refractivity contribution in [1.82, 2.24) is 4.57 Å². The van der Waals surface area contributed by atoms with E-state index in [0.29, 0.717) is 6.54 Å². The van der Waals surface area contributed by atoms with E-state index in [1.807, 2.05) is 6.07 Å². The number of halogens is 2. The predicted molar refractivity (Wildman–Crippen MR) is 92.5 cm³/mol. The molecule has 0 radical (unpaired) electrons. The number of carboxylic acid groups (broad SMARTS) is 1. The first-order valence-electron chi connectivity index (χ1n) is 8.52. The zero-order chi connectivity index (χ0) is 19.6. The number of aromatic hydroxyl groups is 1. The average Bonchev–Trinajstić information content (AvgIpc) is 3.07. The molecule has 144 valence electrons. The van der Waals surface area contributed by atoms with Crippen molar-refractivity contribution in [2.75, 3.05) is 0 Å². The quantitative estimate of drug-likeness (QED) is 0.803. The van der Waals surface area contributed by atoms with Gasteiger partial charge in [0.2, 0.25) is 5.43 Å². The summed E-state index contributed by atoms with van der Waals surface area (Å²) in [4.78, 5) is 23.0. The fourth-order valence-corrected chi connectivity index (χ4v) is 3.80. The fraction of sp³-hybridized carbons (Fsp3) is 0.368. The lowest BCUT2D eigenvalue weighted by molar-refractivity contribution is -0.0499. The molecular weight excluding hydrogens is 360 g/mol. The van der Waals surface area contributed by atoms with E-state index in [0.717, 1.165) is 31.2 Å². The van der Waals surface area contributed by atoms with Gasteiger partial charge in [0.25, 0.3) is 0 Å². The van der Waals surface area contributed by atoms with Crippen LogP contribution in [0.3, 0.4) is 0 Å². The summed E-state index contributed by atoms with van der Waals surface area (Å²) in [5, 5.41) is 19.0. The van der Waals surface area contributed by atoms with E-state index < -0.39 is 34.7 Å². The van der Waals surface area contributed by atoms with Crippen molar-refractivity contribution in [1.29, 1.82) is 0 Å². The maximum atomic E-state index is 12.5. The molecule has 0 amide bonds. The zero-order valence-electron chi connectivity index (χ0n) is 14.4. The van der Waals surface area contributed by atoms with Crippen molar-refractivity contribution >= 4 is 5.97 Å². The molecule has 3 rings (SSSR count). The van der Waals surface area contributed by atoms with E-state index in [2.05, 4.69) is 4.74 Å². The molecule has 1 aliphatic rings. The van der Waals surface area contributed by atoms with E-state index >= 15 is 0 Å². The minimum absolute atomic E-state index is 0.0581. The van der Waals surface area contributed by atoms with E-state index in [4.69, 9.17) is 5.11 Å². The highest BCUT2D eigenvalue weighted by atomic mass is 19.3. The maximum absolute atomic E-state index is 12.5. The molecule has 8 heteroatoms. The molecular formula is C19H19F2NO5. The van der Waals surface area contributed by atoms with Crippen LogP contribution in [0.25, 0.3) is 0 Å². The van der Waals surface area contributed by atoms with Crippen LogP contribution in [-0.2, 0) is 12.0 Å². The summed E-state index contributed by atoms with van der Waals surface area (Å²) in [7, 11) is 0. The predicted octanol–water partition coefficient (Wildman–Crippen LogP) is 3.37. The van der Waals surface area contributed by atoms with Gasteiger partial charge in [0.1, 0.15) is 11.3 Å². The van der Waals surface area contributed by atoms with Gasteiger partial charge >= 0.3 is 12.6 Å². The summed E-state index contributed by atoms with van der Waals surface area (Å²) >= 11 is 0. The van der Waals surface area contributed by atoms with Gasteiger partial charge in [0, 0.05) is 24.4 Å². The third-order valence-electron chi connectivity index (χ3n) is 5.01. The zero-order valence-corrected chi connectivity index (χ0v) is 14.4. The molecule has 1 aromatic heterocycles. The van der Waals surface area contributed by atoms with Crippen LogP contribution in [0.5, 0.6) is 11.5 Å². The Hall–Kier alpha value is -2.90. The van der Waals surface area contributed by atoms with Crippen LogP contribution >= 0.6 is 0 Å². The second kappa shape index (κ2) is 7.38. The number of carbonyl (C=O) groups is 1. The van der Waals surface area contributed by atoms with Crippen molar-refractivity contribution in [3.63, 3.8) is 0 Å². The van der Waals surface area contributed by atoms with Crippen molar-refractivity contribution < 1.29 is 28.5 Å². The number of aromatic carboxylic acids is 1. The number of nitrogens with zero attached hydrogens (tertiary/aromatic N) is 1. The largest absolute Gasteiger partial charge is 0.503 e. The Balaban J connectivity index is 2.00. The number of hydrogen-bond acceptors (Lipinski definition) is 4. The molecule has 1 heterocycles. The van der Waals surface area contributed by atoms with Crippen molar-refractivity contribution in [2.24, 2.45) is 0 Å². The number of carboxylic acids is 1. The number of rotatable bonds is 6. The first-order valence-corrected chi connectivity index (χ1v) is 8.52. The standard InChI is InChI=1S/C19H19F2NO5/c20-18(21)27-13-5-3-4-12(8-13)19(6-1-2-7-19)11-22-9-14(17(25)26)16(24)15(23)10-22/h3-5,8-10,18,23H,1-2,6-7,11H2,(H,25,26). The molecule has 1 aliphatic carbocycles. The summed E-state index contributed by atoms with van der Waals surface area (Å²) < 4.78 is 31.0. The number of ether oxygens (including phenoxy) is 1. The molecule has 2 N–H and O–H groups in total. The fourth-order valence-electron chi connectivity index (χ4n) is 3.80. The summed E-state index contributed by atoms with van der Waals surface area (Å²) in [6, 6.07) is 6.48. The molecule has 0 spiro atoms. The molecule has 1 fully saturated rings. The van der Waals surface area contributed by atoms with E-state index in [-0.39, 0.29) is 5.75 Å². The summed E-state index contributed by atoms with van der Waals surface area (Å²) in [6.45, 7) is -2.62. The molecule has 2 aromatic rings. The Labute approximate surface area is 153 Å². The number of hydrogen-bond donors (Lipinski definition) is 2. The van der Waals surface area contributed by atoms with Crippen molar-refractivity contribution in [3.8, 4) is 11.5 Å². The summed E-state index contributed by atoms with van der Waals surface area (Å²) in [5.74, 6) is -2.00. The van der Waals surface area contributed by atoms with Crippen LogP contribution in [-0.4, -0.2) is 27.4 Å². The van der Waals surface area contributed by atoms with Crippen LogP contribution in [0.2, 0.25) is 0 Å². The van der Waals surface area contributed by atoms with Gasteiger partial charge in [-0.3, -0.25) is 4.79 Å². The molecule has 0 aliphatic heterocycles. The van der Waals surface area contributed by atoms with Gasteiger partial charge in [-0.1, -0.05) is 25.0 Å². The number of aromatic nitrogens is 1. The van der Waals surface area contributed by atoms with Gasteiger partial charge in [-0.05, 0) is 30.5 Å². The minimum atomic E-state index is -2.92. The Kier molecular flexibility index (Phi) is 5.16. The van der Waals surface area contributed by atoms with Crippen LogP contribution in [0.4, 0.5) is 8.78 Å². The second-order valence-electron chi connectivity index (χ2n) is 6.76. The molecule has 0 atom stereocenters. The van der Waals surface area contributed by atoms with Gasteiger partial charge in [-0.15, -0.1) is 0 Å². The van der Waals surface area contributed by atoms with Crippen LogP contribution < -0.4 is 10.2 Å². The molecule has 1 saturated carbocycles.